The van der Waals surface area contributed by atoms with E-state index in [0.717, 1.165) is 16.8 Å². The Bertz CT molecular complexity index is 481. The lowest BCUT2D eigenvalue weighted by molar-refractivity contribution is 0.565. The minimum atomic E-state index is -0.208. The van der Waals surface area contributed by atoms with Gasteiger partial charge in [-0.3, -0.25) is 4.98 Å². The maximum absolute atomic E-state index is 6.27. The third kappa shape index (κ3) is 2.39. The summed E-state index contributed by atoms with van der Waals surface area (Å²) in [6.45, 7) is 2.02. The van der Waals surface area contributed by atoms with Crippen LogP contribution in [0.25, 0.3) is 0 Å². The molecule has 2 nitrogen and oxygen atoms in total. The van der Waals surface area contributed by atoms with Crippen molar-refractivity contribution in [2.45, 2.75) is 18.7 Å². The quantitative estimate of drug-likeness (QED) is 0.770. The Hall–Kier alpha value is -0.990. The van der Waals surface area contributed by atoms with Crippen molar-refractivity contribution in [1.29, 1.82) is 0 Å². The average molecular weight is 256 g/mol. The van der Waals surface area contributed by atoms with E-state index in [1.54, 1.807) is 18.5 Å². The Morgan fingerprint density at radius 2 is 2.25 bits per heavy atom. The first-order valence-electron chi connectivity index (χ1n) is 4.96. The van der Waals surface area contributed by atoms with Crippen LogP contribution >= 0.6 is 23.2 Å². The van der Waals surface area contributed by atoms with Gasteiger partial charge in [-0.1, -0.05) is 6.07 Å². The van der Waals surface area contributed by atoms with E-state index in [1.165, 1.54) is 0 Å². The Morgan fingerprint density at radius 3 is 2.88 bits per heavy atom. The number of aryl methyl sites for hydroxylation is 1. The molecule has 0 spiro atoms. The number of pyridine rings is 1. The standard InChI is InChI=1S/C12H11Cl2NO/c1-8-3-2-5-15-11(8)7-10(13)9-4-6-16-12(9)14/h2-6,10H,7H2,1H3. The number of hydrogen-bond donors (Lipinski definition) is 0. The summed E-state index contributed by atoms with van der Waals surface area (Å²) in [6, 6.07) is 5.72. The molecule has 0 aliphatic carbocycles. The van der Waals surface area contributed by atoms with E-state index in [-0.39, 0.29) is 5.38 Å². The molecule has 0 N–H and O–H groups in total. The molecule has 2 heterocycles. The predicted molar refractivity (Wildman–Crippen MR) is 65.0 cm³/mol. The molecule has 1 atom stereocenters. The number of alkyl halides is 1. The zero-order chi connectivity index (χ0) is 11.5. The van der Waals surface area contributed by atoms with Crippen LogP contribution in [-0.2, 0) is 6.42 Å². The number of halogens is 2. The van der Waals surface area contributed by atoms with Crippen LogP contribution in [0.1, 0.15) is 22.2 Å². The Kier molecular flexibility index (Phi) is 3.52. The van der Waals surface area contributed by atoms with E-state index >= 15 is 0 Å². The van der Waals surface area contributed by atoms with Crippen molar-refractivity contribution in [1.82, 2.24) is 4.98 Å². The maximum Gasteiger partial charge on any atom is 0.197 e. The van der Waals surface area contributed by atoms with Gasteiger partial charge in [-0.05, 0) is 36.2 Å². The van der Waals surface area contributed by atoms with Gasteiger partial charge in [0.25, 0.3) is 0 Å². The molecule has 0 bridgehead atoms. The summed E-state index contributed by atoms with van der Waals surface area (Å²) < 4.78 is 5.01. The van der Waals surface area contributed by atoms with E-state index < -0.39 is 0 Å². The SMILES string of the molecule is Cc1cccnc1CC(Cl)c1ccoc1Cl. The second-order valence-corrected chi connectivity index (χ2v) is 4.46. The van der Waals surface area contributed by atoms with Crippen LogP contribution in [0.15, 0.2) is 35.1 Å². The van der Waals surface area contributed by atoms with Gasteiger partial charge in [0.2, 0.25) is 0 Å². The first-order valence-corrected chi connectivity index (χ1v) is 5.77. The van der Waals surface area contributed by atoms with Gasteiger partial charge < -0.3 is 4.42 Å². The molecule has 0 saturated heterocycles. The highest BCUT2D eigenvalue weighted by atomic mass is 35.5. The number of furan rings is 1. The first-order chi connectivity index (χ1) is 7.68. The van der Waals surface area contributed by atoms with Crippen molar-refractivity contribution in [3.8, 4) is 0 Å². The van der Waals surface area contributed by atoms with E-state index in [4.69, 9.17) is 27.6 Å². The van der Waals surface area contributed by atoms with Gasteiger partial charge in [0.05, 0.1) is 11.6 Å². The lowest BCUT2D eigenvalue weighted by atomic mass is 10.1. The third-order valence-corrected chi connectivity index (χ3v) is 3.17. The zero-order valence-corrected chi connectivity index (χ0v) is 10.3. The molecule has 0 aliphatic rings. The Morgan fingerprint density at radius 1 is 1.44 bits per heavy atom. The van der Waals surface area contributed by atoms with Crippen molar-refractivity contribution in [3.05, 3.63) is 52.7 Å². The fraction of sp³-hybridized carbons (Fsp3) is 0.250. The summed E-state index contributed by atoms with van der Waals surface area (Å²) in [5, 5.41) is 0.147. The third-order valence-electron chi connectivity index (χ3n) is 2.47. The minimum Gasteiger partial charge on any atom is -0.453 e. The van der Waals surface area contributed by atoms with Crippen LogP contribution in [0.3, 0.4) is 0 Å². The minimum absolute atomic E-state index is 0.208. The number of nitrogens with zero attached hydrogens (tertiary/aromatic N) is 1. The van der Waals surface area contributed by atoms with Crippen molar-refractivity contribution in [2.24, 2.45) is 0 Å². The van der Waals surface area contributed by atoms with Gasteiger partial charge in [0, 0.05) is 23.9 Å². The van der Waals surface area contributed by atoms with Crippen LogP contribution < -0.4 is 0 Å². The first kappa shape index (κ1) is 11.5. The molecule has 4 heteroatoms. The zero-order valence-electron chi connectivity index (χ0n) is 8.78. The molecule has 2 aromatic heterocycles. The fourth-order valence-electron chi connectivity index (χ4n) is 1.54. The molecule has 84 valence electrons. The van der Waals surface area contributed by atoms with Gasteiger partial charge in [-0.2, -0.15) is 0 Å². The summed E-state index contributed by atoms with van der Waals surface area (Å²) >= 11 is 12.1. The van der Waals surface area contributed by atoms with E-state index in [2.05, 4.69) is 4.98 Å². The molecule has 0 aliphatic heterocycles. The van der Waals surface area contributed by atoms with Crippen molar-refractivity contribution in [2.75, 3.05) is 0 Å². The molecule has 0 aromatic carbocycles. The topological polar surface area (TPSA) is 26.0 Å². The molecule has 0 radical (unpaired) electrons. The van der Waals surface area contributed by atoms with Crippen LogP contribution in [0.2, 0.25) is 5.22 Å². The highest BCUT2D eigenvalue weighted by Gasteiger charge is 2.16. The van der Waals surface area contributed by atoms with Gasteiger partial charge in [0.1, 0.15) is 0 Å². The summed E-state index contributed by atoms with van der Waals surface area (Å²) in [6.07, 6.45) is 3.95. The highest BCUT2D eigenvalue weighted by Crippen LogP contribution is 2.31. The normalized spacial score (nSPS) is 12.7. The predicted octanol–water partition coefficient (Wildman–Crippen LogP) is 4.16. The molecule has 1 unspecified atom stereocenters. The van der Waals surface area contributed by atoms with Crippen LogP contribution in [0.4, 0.5) is 0 Å². The smallest absolute Gasteiger partial charge is 0.197 e. The summed E-state index contributed by atoms with van der Waals surface area (Å²) in [4.78, 5) is 4.30. The molecule has 0 amide bonds. The van der Waals surface area contributed by atoms with Crippen LogP contribution in [0.5, 0.6) is 0 Å². The average Bonchev–Trinajstić information content (AvgIpc) is 2.68. The van der Waals surface area contributed by atoms with Gasteiger partial charge in [0.15, 0.2) is 5.22 Å². The number of aromatic nitrogens is 1. The molecular weight excluding hydrogens is 245 g/mol. The van der Waals surface area contributed by atoms with Crippen LogP contribution in [0, 0.1) is 6.92 Å². The van der Waals surface area contributed by atoms with E-state index in [1.807, 2.05) is 19.1 Å². The second kappa shape index (κ2) is 4.89. The maximum atomic E-state index is 6.27. The highest BCUT2D eigenvalue weighted by molar-refractivity contribution is 6.31. The Balaban J connectivity index is 2.17. The van der Waals surface area contributed by atoms with Gasteiger partial charge >= 0.3 is 0 Å². The lowest BCUT2D eigenvalue weighted by Crippen LogP contribution is -1.99. The molecule has 2 aromatic rings. The molecule has 2 rings (SSSR count). The van der Waals surface area contributed by atoms with E-state index in [0.29, 0.717) is 11.6 Å². The summed E-state index contributed by atoms with van der Waals surface area (Å²) in [7, 11) is 0. The van der Waals surface area contributed by atoms with Gasteiger partial charge in [-0.25, -0.2) is 0 Å². The summed E-state index contributed by atoms with van der Waals surface area (Å²) in [5.74, 6) is 0. The second-order valence-electron chi connectivity index (χ2n) is 3.59. The van der Waals surface area contributed by atoms with E-state index in [9.17, 15) is 0 Å². The fourth-order valence-corrected chi connectivity index (χ4v) is 2.16. The monoisotopic (exact) mass is 255 g/mol. The molecule has 0 fully saturated rings. The van der Waals surface area contributed by atoms with Crippen molar-refractivity contribution < 1.29 is 4.42 Å². The summed E-state index contributed by atoms with van der Waals surface area (Å²) in [5.41, 5.74) is 2.93. The lowest BCUT2D eigenvalue weighted by Gasteiger charge is -2.09. The number of rotatable bonds is 3. The molecule has 16 heavy (non-hydrogen) atoms. The van der Waals surface area contributed by atoms with Crippen molar-refractivity contribution >= 4 is 23.2 Å². The van der Waals surface area contributed by atoms with Gasteiger partial charge in [-0.15, -0.1) is 11.6 Å². The largest absolute Gasteiger partial charge is 0.453 e. The molecular formula is C12H11Cl2NO. The molecule has 0 saturated carbocycles. The van der Waals surface area contributed by atoms with Crippen molar-refractivity contribution in [3.63, 3.8) is 0 Å². The van der Waals surface area contributed by atoms with Crippen LogP contribution in [-0.4, -0.2) is 4.98 Å². The number of hydrogen-bond acceptors (Lipinski definition) is 2. The Labute approximate surface area is 104 Å².